The van der Waals surface area contributed by atoms with Crippen molar-refractivity contribution in [3.8, 4) is 17.3 Å². The minimum absolute atomic E-state index is 0.153. The Bertz CT molecular complexity index is 871. The Hall–Kier alpha value is -2.69. The maximum Gasteiger partial charge on any atom is 0.257 e. The predicted octanol–water partition coefficient (Wildman–Crippen LogP) is 2.74. The Morgan fingerprint density at radius 2 is 1.85 bits per heavy atom. The summed E-state index contributed by atoms with van der Waals surface area (Å²) in [6, 6.07) is 9.75. The van der Waals surface area contributed by atoms with E-state index in [0.29, 0.717) is 16.3 Å². The zero-order valence-corrected chi connectivity index (χ0v) is 10.6. The fourth-order valence-corrected chi connectivity index (χ4v) is 2.12. The highest BCUT2D eigenvalue weighted by molar-refractivity contribution is 5.95. The topological polar surface area (TPSA) is 66.0 Å². The molecule has 100 valence electrons. The van der Waals surface area contributed by atoms with Crippen LogP contribution in [0, 0.1) is 12.7 Å². The van der Waals surface area contributed by atoms with Crippen molar-refractivity contribution in [3.63, 3.8) is 0 Å². The van der Waals surface area contributed by atoms with Crippen molar-refractivity contribution in [1.29, 1.82) is 0 Å². The standard InChI is InChI=1S/C15H11FN2O2/c1-8-14(19)17-13(18-15(8)20)11-6-7-12(16)10-5-3-2-4-9(10)11/h2-7H,1H3,(H2,17,18,19,20). The van der Waals surface area contributed by atoms with E-state index in [1.165, 1.54) is 19.1 Å². The molecule has 0 spiro atoms. The summed E-state index contributed by atoms with van der Waals surface area (Å²) in [6.07, 6.45) is 0. The van der Waals surface area contributed by atoms with Crippen molar-refractivity contribution >= 4 is 10.8 Å². The molecule has 3 aromatic rings. The van der Waals surface area contributed by atoms with Crippen molar-refractivity contribution in [2.45, 2.75) is 6.92 Å². The molecule has 20 heavy (non-hydrogen) atoms. The number of hydrogen-bond acceptors (Lipinski definition) is 3. The summed E-state index contributed by atoms with van der Waals surface area (Å²) in [7, 11) is 0. The number of aromatic nitrogens is 2. The molecule has 2 aromatic carbocycles. The lowest BCUT2D eigenvalue weighted by Gasteiger charge is -2.08. The fraction of sp³-hybridized carbons (Fsp3) is 0.0667. The lowest BCUT2D eigenvalue weighted by molar-refractivity contribution is 0.447. The lowest BCUT2D eigenvalue weighted by Crippen LogP contribution is -2.12. The normalized spacial score (nSPS) is 10.9. The third kappa shape index (κ3) is 1.84. The van der Waals surface area contributed by atoms with Gasteiger partial charge >= 0.3 is 0 Å². The molecular weight excluding hydrogens is 259 g/mol. The number of hydrogen-bond donors (Lipinski definition) is 2. The average molecular weight is 270 g/mol. The molecule has 2 N–H and O–H groups in total. The Kier molecular flexibility index (Phi) is 2.75. The number of nitrogens with one attached hydrogen (secondary N) is 1. The van der Waals surface area contributed by atoms with Crippen LogP contribution in [-0.4, -0.2) is 15.1 Å². The fourth-order valence-electron chi connectivity index (χ4n) is 2.12. The van der Waals surface area contributed by atoms with Gasteiger partial charge in [0.15, 0.2) is 0 Å². The van der Waals surface area contributed by atoms with Gasteiger partial charge in [0.05, 0.1) is 5.56 Å². The second kappa shape index (κ2) is 4.45. The molecular formula is C15H11FN2O2. The van der Waals surface area contributed by atoms with Crippen LogP contribution in [0.1, 0.15) is 5.56 Å². The zero-order chi connectivity index (χ0) is 14.3. The smallest absolute Gasteiger partial charge is 0.257 e. The molecule has 4 nitrogen and oxygen atoms in total. The van der Waals surface area contributed by atoms with Crippen molar-refractivity contribution in [2.75, 3.05) is 0 Å². The molecule has 0 bridgehead atoms. The van der Waals surface area contributed by atoms with Gasteiger partial charge in [-0.3, -0.25) is 4.79 Å². The van der Waals surface area contributed by atoms with Gasteiger partial charge in [-0.25, -0.2) is 4.39 Å². The first-order valence-electron chi connectivity index (χ1n) is 6.05. The molecule has 1 aromatic heterocycles. The van der Waals surface area contributed by atoms with Crippen LogP contribution in [-0.2, 0) is 0 Å². The Morgan fingerprint density at radius 3 is 2.55 bits per heavy atom. The molecule has 0 atom stereocenters. The first-order valence-corrected chi connectivity index (χ1v) is 6.05. The maximum absolute atomic E-state index is 13.8. The summed E-state index contributed by atoms with van der Waals surface area (Å²) < 4.78 is 13.8. The molecule has 0 aliphatic heterocycles. The van der Waals surface area contributed by atoms with E-state index in [2.05, 4.69) is 9.97 Å². The zero-order valence-electron chi connectivity index (χ0n) is 10.6. The molecule has 0 amide bonds. The number of rotatable bonds is 1. The van der Waals surface area contributed by atoms with Crippen LogP contribution < -0.4 is 5.56 Å². The summed E-state index contributed by atoms with van der Waals surface area (Å²) in [5, 5.41) is 10.7. The number of aromatic hydroxyl groups is 1. The van der Waals surface area contributed by atoms with Crippen LogP contribution in [0.3, 0.4) is 0 Å². The molecule has 0 aliphatic carbocycles. The van der Waals surface area contributed by atoms with Gasteiger partial charge in [-0.05, 0) is 24.4 Å². The SMILES string of the molecule is Cc1c(O)nc(-c2ccc(F)c3ccccc23)[nH]c1=O. The molecule has 5 heteroatoms. The van der Waals surface area contributed by atoms with Gasteiger partial charge < -0.3 is 10.1 Å². The predicted molar refractivity (Wildman–Crippen MR) is 74.2 cm³/mol. The molecule has 0 aliphatic rings. The van der Waals surface area contributed by atoms with Gasteiger partial charge in [-0.15, -0.1) is 0 Å². The Labute approximate surface area is 113 Å². The average Bonchev–Trinajstić information content (AvgIpc) is 2.45. The third-order valence-corrected chi connectivity index (χ3v) is 3.25. The Morgan fingerprint density at radius 1 is 1.15 bits per heavy atom. The highest BCUT2D eigenvalue weighted by Crippen LogP contribution is 2.28. The van der Waals surface area contributed by atoms with E-state index in [0.717, 1.165) is 0 Å². The summed E-state index contributed by atoms with van der Waals surface area (Å²) in [5.74, 6) is -0.450. The molecule has 0 saturated heterocycles. The van der Waals surface area contributed by atoms with Crippen molar-refractivity contribution in [2.24, 2.45) is 0 Å². The van der Waals surface area contributed by atoms with E-state index in [-0.39, 0.29) is 23.1 Å². The van der Waals surface area contributed by atoms with Crippen molar-refractivity contribution < 1.29 is 9.50 Å². The van der Waals surface area contributed by atoms with Crippen molar-refractivity contribution in [3.05, 3.63) is 58.1 Å². The summed E-state index contributed by atoms with van der Waals surface area (Å²) in [6.45, 7) is 1.48. The second-order valence-electron chi connectivity index (χ2n) is 4.50. The quantitative estimate of drug-likeness (QED) is 0.714. The highest BCUT2D eigenvalue weighted by Gasteiger charge is 2.12. The highest BCUT2D eigenvalue weighted by atomic mass is 19.1. The summed E-state index contributed by atoms with van der Waals surface area (Å²) in [4.78, 5) is 18.3. The van der Waals surface area contributed by atoms with Gasteiger partial charge in [0.1, 0.15) is 11.6 Å². The minimum Gasteiger partial charge on any atom is -0.493 e. The van der Waals surface area contributed by atoms with Gasteiger partial charge in [0, 0.05) is 10.9 Å². The number of nitrogens with zero attached hydrogens (tertiary/aromatic N) is 1. The monoisotopic (exact) mass is 270 g/mol. The van der Waals surface area contributed by atoms with Gasteiger partial charge in [0.2, 0.25) is 5.88 Å². The Balaban J connectivity index is 2.36. The van der Waals surface area contributed by atoms with Gasteiger partial charge in [-0.2, -0.15) is 4.98 Å². The molecule has 0 radical (unpaired) electrons. The second-order valence-corrected chi connectivity index (χ2v) is 4.50. The number of aromatic amines is 1. The van der Waals surface area contributed by atoms with E-state index in [9.17, 15) is 14.3 Å². The first-order chi connectivity index (χ1) is 9.58. The molecule has 1 heterocycles. The summed E-state index contributed by atoms with van der Waals surface area (Å²) >= 11 is 0. The molecule has 3 rings (SSSR count). The van der Waals surface area contributed by atoms with Gasteiger partial charge in [-0.1, -0.05) is 24.3 Å². The van der Waals surface area contributed by atoms with Crippen molar-refractivity contribution in [1.82, 2.24) is 9.97 Å². The maximum atomic E-state index is 13.8. The number of H-pyrrole nitrogens is 1. The van der Waals surface area contributed by atoms with Crippen LogP contribution >= 0.6 is 0 Å². The minimum atomic E-state index is -0.416. The van der Waals surface area contributed by atoms with E-state index in [1.807, 2.05) is 0 Å². The first kappa shape index (κ1) is 12.3. The number of halogens is 1. The van der Waals surface area contributed by atoms with Crippen LogP contribution in [0.25, 0.3) is 22.2 Å². The van der Waals surface area contributed by atoms with Crippen LogP contribution in [0.5, 0.6) is 5.88 Å². The molecule has 0 fully saturated rings. The van der Waals surface area contributed by atoms with E-state index >= 15 is 0 Å². The van der Waals surface area contributed by atoms with E-state index in [4.69, 9.17) is 0 Å². The number of benzene rings is 2. The largest absolute Gasteiger partial charge is 0.493 e. The van der Waals surface area contributed by atoms with E-state index < -0.39 is 5.56 Å². The lowest BCUT2D eigenvalue weighted by atomic mass is 10.0. The number of fused-ring (bicyclic) bond motifs is 1. The summed E-state index contributed by atoms with van der Waals surface area (Å²) in [5.41, 5.74) is 0.301. The molecule has 0 saturated carbocycles. The van der Waals surface area contributed by atoms with Gasteiger partial charge in [0.25, 0.3) is 5.56 Å². The third-order valence-electron chi connectivity index (χ3n) is 3.25. The molecule has 0 unspecified atom stereocenters. The van der Waals surface area contributed by atoms with Crippen LogP contribution in [0.2, 0.25) is 0 Å². The van der Waals surface area contributed by atoms with Crippen LogP contribution in [0.15, 0.2) is 41.2 Å². The van der Waals surface area contributed by atoms with E-state index in [1.54, 1.807) is 24.3 Å². The van der Waals surface area contributed by atoms with Crippen LogP contribution in [0.4, 0.5) is 4.39 Å².